The summed E-state index contributed by atoms with van der Waals surface area (Å²) in [7, 11) is 0. The zero-order valence-corrected chi connectivity index (χ0v) is 11.2. The van der Waals surface area contributed by atoms with Crippen LogP contribution in [0.4, 0.5) is 10.1 Å². The molecule has 0 radical (unpaired) electrons. The van der Waals surface area contributed by atoms with E-state index in [1.54, 1.807) is 6.07 Å². The molecule has 0 unspecified atom stereocenters. The highest BCUT2D eigenvalue weighted by molar-refractivity contribution is 9.10. The number of halogens is 3. The number of carbonyl (C=O) groups is 1. The van der Waals surface area contributed by atoms with Gasteiger partial charge in [0.15, 0.2) is 10.8 Å². The Morgan fingerprint density at radius 2 is 2.06 bits per heavy atom. The van der Waals surface area contributed by atoms with Crippen molar-refractivity contribution in [2.75, 3.05) is 5.32 Å². The lowest BCUT2D eigenvalue weighted by molar-refractivity contribution is 0.102. The molecule has 1 aromatic heterocycles. The summed E-state index contributed by atoms with van der Waals surface area (Å²) in [6.07, 6.45) is 0. The molecule has 2 rings (SSSR count). The number of hydrogen-bond donors (Lipinski definition) is 1. The number of benzene rings is 1. The zero-order valence-electron chi connectivity index (χ0n) is 8.82. The van der Waals surface area contributed by atoms with Crippen molar-refractivity contribution in [2.45, 2.75) is 0 Å². The number of anilines is 1. The van der Waals surface area contributed by atoms with Crippen LogP contribution in [0.5, 0.6) is 0 Å². The number of nitrogens with one attached hydrogen (secondary N) is 1. The van der Waals surface area contributed by atoms with E-state index in [0.29, 0.717) is 4.47 Å². The Bertz CT molecular complexity index is 591. The van der Waals surface area contributed by atoms with Gasteiger partial charge in [0.2, 0.25) is 0 Å². The maximum atomic E-state index is 13.5. The summed E-state index contributed by atoms with van der Waals surface area (Å²) < 4.78 is 14.1. The fourth-order valence-corrected chi connectivity index (χ4v) is 1.65. The van der Waals surface area contributed by atoms with E-state index >= 15 is 0 Å². The second-order valence-corrected chi connectivity index (χ2v) is 4.62. The van der Waals surface area contributed by atoms with Gasteiger partial charge in [-0.3, -0.25) is 4.79 Å². The number of carbonyl (C=O) groups excluding carboxylic acids is 1. The number of aromatic nitrogens is 2. The predicted molar refractivity (Wildman–Crippen MR) is 69.1 cm³/mol. The lowest BCUT2D eigenvalue weighted by Crippen LogP contribution is -2.15. The van der Waals surface area contributed by atoms with Crippen LogP contribution >= 0.6 is 27.5 Å². The highest BCUT2D eigenvalue weighted by atomic mass is 79.9. The number of nitrogens with zero attached hydrogens (tertiary/aromatic N) is 2. The molecule has 18 heavy (non-hydrogen) atoms. The van der Waals surface area contributed by atoms with Gasteiger partial charge in [-0.15, -0.1) is 10.2 Å². The molecule has 0 aliphatic heterocycles. The average Bonchev–Trinajstić information content (AvgIpc) is 2.33. The third-order valence-corrected chi connectivity index (χ3v) is 2.74. The molecule has 0 fully saturated rings. The van der Waals surface area contributed by atoms with Gasteiger partial charge in [-0.25, -0.2) is 4.39 Å². The Morgan fingerprint density at radius 3 is 2.67 bits per heavy atom. The molecule has 0 aliphatic rings. The first-order valence-corrected chi connectivity index (χ1v) is 5.99. The molecule has 2 aromatic rings. The molecule has 0 spiro atoms. The van der Waals surface area contributed by atoms with E-state index in [4.69, 9.17) is 11.6 Å². The van der Waals surface area contributed by atoms with Crippen LogP contribution in [-0.4, -0.2) is 16.1 Å². The summed E-state index contributed by atoms with van der Waals surface area (Å²) in [6, 6.07) is 7.15. The van der Waals surface area contributed by atoms with E-state index in [-0.39, 0.29) is 16.5 Å². The second kappa shape index (κ2) is 5.41. The third kappa shape index (κ3) is 3.02. The average molecular weight is 331 g/mol. The lowest BCUT2D eigenvalue weighted by Gasteiger charge is -2.05. The van der Waals surface area contributed by atoms with Crippen LogP contribution in [0.15, 0.2) is 34.8 Å². The highest BCUT2D eigenvalue weighted by Gasteiger charge is 2.11. The molecule has 92 valence electrons. The topological polar surface area (TPSA) is 54.9 Å². The normalized spacial score (nSPS) is 10.2. The summed E-state index contributed by atoms with van der Waals surface area (Å²) in [5, 5.41) is 9.70. The first kappa shape index (κ1) is 12.9. The standard InChI is InChI=1S/C11H6BrClFN3O/c12-6-1-2-8(7(14)5-6)15-11(18)9-3-4-10(13)17-16-9/h1-5H,(H,15,18). The van der Waals surface area contributed by atoms with Crippen molar-refractivity contribution in [1.29, 1.82) is 0 Å². The van der Waals surface area contributed by atoms with Crippen molar-refractivity contribution in [3.63, 3.8) is 0 Å². The van der Waals surface area contributed by atoms with Crippen molar-refractivity contribution in [3.05, 3.63) is 51.5 Å². The lowest BCUT2D eigenvalue weighted by atomic mass is 10.3. The Kier molecular flexibility index (Phi) is 3.88. The van der Waals surface area contributed by atoms with Crippen LogP contribution < -0.4 is 5.32 Å². The molecular weight excluding hydrogens is 324 g/mol. The van der Waals surface area contributed by atoms with Crippen LogP contribution in [-0.2, 0) is 0 Å². The van der Waals surface area contributed by atoms with Crippen molar-refractivity contribution in [2.24, 2.45) is 0 Å². The fourth-order valence-electron chi connectivity index (χ4n) is 1.21. The van der Waals surface area contributed by atoms with E-state index in [9.17, 15) is 9.18 Å². The van der Waals surface area contributed by atoms with Gasteiger partial charge in [0.1, 0.15) is 5.82 Å². The van der Waals surface area contributed by atoms with Gasteiger partial charge in [-0.05, 0) is 30.3 Å². The second-order valence-electron chi connectivity index (χ2n) is 3.32. The Labute approximate surface area is 115 Å². The highest BCUT2D eigenvalue weighted by Crippen LogP contribution is 2.19. The van der Waals surface area contributed by atoms with Crippen LogP contribution in [0.25, 0.3) is 0 Å². The van der Waals surface area contributed by atoms with Crippen molar-refractivity contribution in [1.82, 2.24) is 10.2 Å². The molecule has 0 bridgehead atoms. The minimum atomic E-state index is -0.555. The first-order valence-electron chi connectivity index (χ1n) is 4.82. The quantitative estimate of drug-likeness (QED) is 0.919. The maximum Gasteiger partial charge on any atom is 0.276 e. The van der Waals surface area contributed by atoms with Crippen molar-refractivity contribution < 1.29 is 9.18 Å². The molecule has 1 amide bonds. The Hall–Kier alpha value is -1.53. The molecule has 0 saturated carbocycles. The first-order chi connectivity index (χ1) is 8.56. The van der Waals surface area contributed by atoms with E-state index in [0.717, 1.165) is 0 Å². The van der Waals surface area contributed by atoms with Crippen LogP contribution in [0, 0.1) is 5.82 Å². The van der Waals surface area contributed by atoms with Crippen molar-refractivity contribution in [3.8, 4) is 0 Å². The predicted octanol–water partition coefficient (Wildman–Crippen LogP) is 3.28. The molecule has 1 heterocycles. The Balaban J connectivity index is 2.18. The molecule has 0 atom stereocenters. The molecule has 1 N–H and O–H groups in total. The number of amides is 1. The molecule has 0 aliphatic carbocycles. The van der Waals surface area contributed by atoms with Gasteiger partial charge >= 0.3 is 0 Å². The smallest absolute Gasteiger partial charge is 0.276 e. The summed E-state index contributed by atoms with van der Waals surface area (Å²) in [4.78, 5) is 11.7. The maximum absolute atomic E-state index is 13.5. The zero-order chi connectivity index (χ0) is 13.1. The largest absolute Gasteiger partial charge is 0.318 e. The van der Waals surface area contributed by atoms with Gasteiger partial charge in [0.05, 0.1) is 5.69 Å². The monoisotopic (exact) mass is 329 g/mol. The van der Waals surface area contributed by atoms with E-state index in [2.05, 4.69) is 31.4 Å². The van der Waals surface area contributed by atoms with Crippen LogP contribution in [0.3, 0.4) is 0 Å². The van der Waals surface area contributed by atoms with E-state index in [1.165, 1.54) is 24.3 Å². The summed E-state index contributed by atoms with van der Waals surface area (Å²) in [6.45, 7) is 0. The van der Waals surface area contributed by atoms with Gasteiger partial charge in [0, 0.05) is 4.47 Å². The van der Waals surface area contributed by atoms with E-state index in [1.807, 2.05) is 0 Å². The molecular formula is C11H6BrClFN3O. The van der Waals surface area contributed by atoms with Crippen LogP contribution in [0.1, 0.15) is 10.5 Å². The van der Waals surface area contributed by atoms with Crippen molar-refractivity contribution >= 4 is 39.1 Å². The number of rotatable bonds is 2. The summed E-state index contributed by atoms with van der Waals surface area (Å²) >= 11 is 8.67. The van der Waals surface area contributed by atoms with Gasteiger partial charge in [-0.2, -0.15) is 0 Å². The molecule has 7 heteroatoms. The SMILES string of the molecule is O=C(Nc1ccc(Br)cc1F)c1ccc(Cl)nn1. The summed E-state index contributed by atoms with van der Waals surface area (Å²) in [5.41, 5.74) is 0.127. The Morgan fingerprint density at radius 1 is 1.28 bits per heavy atom. The molecule has 1 aromatic carbocycles. The van der Waals surface area contributed by atoms with Gasteiger partial charge in [-0.1, -0.05) is 27.5 Å². The summed E-state index contributed by atoms with van der Waals surface area (Å²) in [5.74, 6) is -1.10. The van der Waals surface area contributed by atoms with Gasteiger partial charge < -0.3 is 5.32 Å². The van der Waals surface area contributed by atoms with Gasteiger partial charge in [0.25, 0.3) is 5.91 Å². The molecule has 0 saturated heterocycles. The minimum absolute atomic E-state index is 0.0571. The molecule has 4 nitrogen and oxygen atoms in total. The fraction of sp³-hybridized carbons (Fsp3) is 0. The third-order valence-electron chi connectivity index (χ3n) is 2.04. The van der Waals surface area contributed by atoms with Crippen LogP contribution in [0.2, 0.25) is 5.15 Å². The van der Waals surface area contributed by atoms with E-state index < -0.39 is 11.7 Å². The number of hydrogen-bond acceptors (Lipinski definition) is 3. The minimum Gasteiger partial charge on any atom is -0.318 e.